The van der Waals surface area contributed by atoms with Gasteiger partial charge in [0.2, 0.25) is 5.95 Å². The van der Waals surface area contributed by atoms with Crippen molar-refractivity contribution in [2.24, 2.45) is 5.92 Å². The highest BCUT2D eigenvalue weighted by atomic mass is 15.2. The number of hydrogen-bond acceptors (Lipinski definition) is 4. The van der Waals surface area contributed by atoms with Crippen LogP contribution in [0.5, 0.6) is 0 Å². The summed E-state index contributed by atoms with van der Waals surface area (Å²) in [6, 6.07) is 2.63. The van der Waals surface area contributed by atoms with Crippen LogP contribution < -0.4 is 10.2 Å². The van der Waals surface area contributed by atoms with E-state index in [1.54, 1.807) is 0 Å². The normalized spacial score (nSPS) is 23.1. The van der Waals surface area contributed by atoms with Crippen molar-refractivity contribution in [2.75, 3.05) is 23.8 Å². The fourth-order valence-corrected chi connectivity index (χ4v) is 2.91. The highest BCUT2D eigenvalue weighted by Gasteiger charge is 2.25. The molecule has 0 bridgehead atoms. The van der Waals surface area contributed by atoms with Crippen LogP contribution >= 0.6 is 0 Å². The summed E-state index contributed by atoms with van der Waals surface area (Å²) in [5.74, 6) is 2.53. The number of aromatic nitrogens is 2. The maximum absolute atomic E-state index is 4.62. The zero-order chi connectivity index (χ0) is 13.7. The molecule has 1 aliphatic rings. The van der Waals surface area contributed by atoms with Gasteiger partial charge in [-0.15, -0.1) is 0 Å². The fraction of sp³-hybridized carbons (Fsp3) is 0.733. The van der Waals surface area contributed by atoms with Crippen molar-refractivity contribution in [1.82, 2.24) is 9.97 Å². The summed E-state index contributed by atoms with van der Waals surface area (Å²) in [5.41, 5.74) is 0. The molecule has 2 atom stereocenters. The lowest BCUT2D eigenvalue weighted by molar-refractivity contribution is 0.320. The van der Waals surface area contributed by atoms with Crippen LogP contribution in [-0.4, -0.2) is 29.6 Å². The summed E-state index contributed by atoms with van der Waals surface area (Å²) in [5, 5.41) is 3.25. The Morgan fingerprint density at radius 3 is 2.89 bits per heavy atom. The highest BCUT2D eigenvalue weighted by Crippen LogP contribution is 2.29. The molecule has 2 rings (SSSR count). The Bertz CT molecular complexity index is 393. The molecule has 0 saturated heterocycles. The van der Waals surface area contributed by atoms with Gasteiger partial charge in [0.1, 0.15) is 5.82 Å². The molecular formula is C15H26N4. The van der Waals surface area contributed by atoms with Gasteiger partial charge in [0.25, 0.3) is 0 Å². The lowest BCUT2D eigenvalue weighted by Gasteiger charge is -2.37. The van der Waals surface area contributed by atoms with Crippen LogP contribution in [0.3, 0.4) is 0 Å². The predicted octanol–water partition coefficient (Wildman–Crippen LogP) is 3.31. The lowest BCUT2D eigenvalue weighted by Crippen LogP contribution is -2.39. The van der Waals surface area contributed by atoms with Gasteiger partial charge in [0, 0.05) is 25.8 Å². The Labute approximate surface area is 116 Å². The van der Waals surface area contributed by atoms with E-state index in [0.717, 1.165) is 30.6 Å². The molecule has 19 heavy (non-hydrogen) atoms. The van der Waals surface area contributed by atoms with Crippen LogP contribution in [0.2, 0.25) is 0 Å². The van der Waals surface area contributed by atoms with Gasteiger partial charge in [-0.05, 0) is 31.2 Å². The maximum atomic E-state index is 4.62. The molecule has 0 spiro atoms. The zero-order valence-electron chi connectivity index (χ0n) is 12.4. The van der Waals surface area contributed by atoms with E-state index in [9.17, 15) is 0 Å². The monoisotopic (exact) mass is 262 g/mol. The largest absolute Gasteiger partial charge is 0.356 e. The summed E-state index contributed by atoms with van der Waals surface area (Å²) in [6.45, 7) is 5.43. The van der Waals surface area contributed by atoms with Crippen LogP contribution in [-0.2, 0) is 0 Å². The summed E-state index contributed by atoms with van der Waals surface area (Å²) in [6.07, 6.45) is 8.26. The Morgan fingerprint density at radius 2 is 2.16 bits per heavy atom. The van der Waals surface area contributed by atoms with E-state index in [-0.39, 0.29) is 0 Å². The third kappa shape index (κ3) is 3.58. The zero-order valence-corrected chi connectivity index (χ0v) is 12.4. The van der Waals surface area contributed by atoms with Crippen LogP contribution in [0.15, 0.2) is 12.3 Å². The first-order chi connectivity index (χ1) is 9.22. The van der Waals surface area contributed by atoms with Crippen LogP contribution in [0.25, 0.3) is 0 Å². The van der Waals surface area contributed by atoms with Gasteiger partial charge >= 0.3 is 0 Å². The quantitative estimate of drug-likeness (QED) is 0.884. The van der Waals surface area contributed by atoms with Gasteiger partial charge in [-0.25, -0.2) is 4.98 Å². The molecule has 0 radical (unpaired) electrons. The van der Waals surface area contributed by atoms with E-state index < -0.39 is 0 Å². The summed E-state index contributed by atoms with van der Waals surface area (Å²) in [4.78, 5) is 11.2. The highest BCUT2D eigenvalue weighted by molar-refractivity contribution is 5.42. The molecule has 1 heterocycles. The molecular weight excluding hydrogens is 236 g/mol. The van der Waals surface area contributed by atoms with E-state index in [0.29, 0.717) is 6.04 Å². The number of anilines is 2. The standard InChI is InChI=1S/C15H26N4/c1-4-10-16-15-17-11-9-14(18-15)19(3)13-8-6-5-7-12(13)2/h9,11-13H,4-8,10H2,1-3H3,(H,16,17,18). The van der Waals surface area contributed by atoms with E-state index in [2.05, 4.69) is 41.1 Å². The fourth-order valence-electron chi connectivity index (χ4n) is 2.91. The van der Waals surface area contributed by atoms with Crippen molar-refractivity contribution < 1.29 is 0 Å². The van der Waals surface area contributed by atoms with Gasteiger partial charge in [0.05, 0.1) is 0 Å². The molecule has 1 aromatic heterocycles. The number of nitrogens with zero attached hydrogens (tertiary/aromatic N) is 3. The molecule has 1 fully saturated rings. The summed E-state index contributed by atoms with van der Waals surface area (Å²) in [7, 11) is 2.17. The van der Waals surface area contributed by atoms with E-state index in [1.165, 1.54) is 25.7 Å². The molecule has 1 aliphatic carbocycles. The van der Waals surface area contributed by atoms with Crippen molar-refractivity contribution >= 4 is 11.8 Å². The van der Waals surface area contributed by atoms with Gasteiger partial charge in [-0.1, -0.05) is 26.7 Å². The van der Waals surface area contributed by atoms with Crippen molar-refractivity contribution in [1.29, 1.82) is 0 Å². The van der Waals surface area contributed by atoms with E-state index >= 15 is 0 Å². The Morgan fingerprint density at radius 1 is 1.37 bits per heavy atom. The van der Waals surface area contributed by atoms with Crippen molar-refractivity contribution in [3.05, 3.63) is 12.3 Å². The molecule has 2 unspecified atom stereocenters. The minimum atomic E-state index is 0.614. The molecule has 0 aromatic carbocycles. The number of nitrogens with one attached hydrogen (secondary N) is 1. The first kappa shape index (κ1) is 14.1. The lowest BCUT2D eigenvalue weighted by atomic mass is 9.85. The van der Waals surface area contributed by atoms with E-state index in [4.69, 9.17) is 0 Å². The Kier molecular flexibility index (Phi) is 5.00. The minimum Gasteiger partial charge on any atom is -0.356 e. The summed E-state index contributed by atoms with van der Waals surface area (Å²) < 4.78 is 0. The molecule has 1 saturated carbocycles. The maximum Gasteiger partial charge on any atom is 0.224 e. The van der Waals surface area contributed by atoms with Gasteiger partial charge < -0.3 is 10.2 Å². The van der Waals surface area contributed by atoms with Crippen LogP contribution in [0.4, 0.5) is 11.8 Å². The second-order valence-electron chi connectivity index (χ2n) is 5.61. The Balaban J connectivity index is 2.07. The molecule has 1 N–H and O–H groups in total. The van der Waals surface area contributed by atoms with Gasteiger partial charge in [-0.2, -0.15) is 4.98 Å². The third-order valence-electron chi connectivity index (χ3n) is 4.10. The number of rotatable bonds is 5. The minimum absolute atomic E-state index is 0.614. The van der Waals surface area contributed by atoms with Crippen molar-refractivity contribution in [2.45, 2.75) is 52.0 Å². The molecule has 4 heteroatoms. The first-order valence-corrected chi connectivity index (χ1v) is 7.52. The average molecular weight is 262 g/mol. The van der Waals surface area contributed by atoms with E-state index in [1.807, 2.05) is 12.3 Å². The second kappa shape index (κ2) is 6.73. The smallest absolute Gasteiger partial charge is 0.224 e. The van der Waals surface area contributed by atoms with Crippen molar-refractivity contribution in [3.63, 3.8) is 0 Å². The predicted molar refractivity (Wildman–Crippen MR) is 80.6 cm³/mol. The Hall–Kier alpha value is -1.32. The molecule has 106 valence electrons. The third-order valence-corrected chi connectivity index (χ3v) is 4.10. The van der Waals surface area contributed by atoms with Gasteiger partial charge in [-0.3, -0.25) is 0 Å². The molecule has 4 nitrogen and oxygen atoms in total. The molecule has 0 amide bonds. The van der Waals surface area contributed by atoms with Gasteiger partial charge in [0.15, 0.2) is 0 Å². The first-order valence-electron chi connectivity index (χ1n) is 7.52. The SMILES string of the molecule is CCCNc1nccc(N(C)C2CCCCC2C)n1. The van der Waals surface area contributed by atoms with Crippen LogP contribution in [0, 0.1) is 5.92 Å². The second-order valence-corrected chi connectivity index (χ2v) is 5.61. The molecule has 1 aromatic rings. The van der Waals surface area contributed by atoms with Crippen molar-refractivity contribution in [3.8, 4) is 0 Å². The number of hydrogen-bond donors (Lipinski definition) is 1. The average Bonchev–Trinajstić information content (AvgIpc) is 2.45. The molecule has 0 aliphatic heterocycles. The summed E-state index contributed by atoms with van der Waals surface area (Å²) >= 11 is 0. The topological polar surface area (TPSA) is 41.1 Å². The van der Waals surface area contributed by atoms with Crippen LogP contribution in [0.1, 0.15) is 46.0 Å².